The topological polar surface area (TPSA) is 202 Å². The lowest BCUT2D eigenvalue weighted by molar-refractivity contribution is 0.402. The number of phenolic OH excluding ortho intramolecular Hbond substituents is 10. The van der Waals surface area contributed by atoms with Crippen molar-refractivity contribution in [1.29, 1.82) is 0 Å². The third-order valence-corrected chi connectivity index (χ3v) is 8.34. The van der Waals surface area contributed by atoms with Crippen LogP contribution >= 0.6 is 0 Å². The van der Waals surface area contributed by atoms with Gasteiger partial charge < -0.3 is 51.1 Å². The third kappa shape index (κ3) is 8.93. The first kappa shape index (κ1) is 36.4. The van der Waals surface area contributed by atoms with E-state index in [1.165, 1.54) is 60.7 Å². The maximum atomic E-state index is 10.0. The molecule has 0 aliphatic heterocycles. The molecule has 0 fully saturated rings. The fraction of sp³-hybridized carbons (Fsp3) is 0.150. The summed E-state index contributed by atoms with van der Waals surface area (Å²) in [5.74, 6) is -2.29. The van der Waals surface area contributed by atoms with Crippen LogP contribution in [0, 0.1) is 0 Å². The average molecular weight is 681 g/mol. The molecule has 0 amide bonds. The van der Waals surface area contributed by atoms with E-state index in [4.69, 9.17) is 0 Å². The van der Waals surface area contributed by atoms with E-state index in [0.717, 1.165) is 22.3 Å². The lowest BCUT2D eigenvalue weighted by Crippen LogP contribution is -1.99. The molecule has 5 rings (SSSR count). The van der Waals surface area contributed by atoms with Crippen LogP contribution in [0.5, 0.6) is 57.5 Å². The molecule has 0 radical (unpaired) electrons. The van der Waals surface area contributed by atoms with Crippen LogP contribution < -0.4 is 0 Å². The van der Waals surface area contributed by atoms with Crippen LogP contribution in [0.2, 0.25) is 0 Å². The minimum Gasteiger partial charge on any atom is -0.504 e. The summed E-state index contributed by atoms with van der Waals surface area (Å²) in [5.41, 5.74) is 4.52. The second-order valence-corrected chi connectivity index (χ2v) is 12.0. The highest BCUT2D eigenvalue weighted by Gasteiger charge is 2.17. The first-order valence-corrected chi connectivity index (χ1v) is 15.6. The van der Waals surface area contributed by atoms with Crippen LogP contribution in [0.3, 0.4) is 0 Å². The second-order valence-electron chi connectivity index (χ2n) is 12.0. The van der Waals surface area contributed by atoms with Gasteiger partial charge in [0.15, 0.2) is 57.5 Å². The van der Waals surface area contributed by atoms with Crippen LogP contribution in [0.1, 0.15) is 71.9 Å². The number of benzene rings is 5. The Morgan fingerprint density at radius 3 is 1.24 bits per heavy atom. The van der Waals surface area contributed by atoms with E-state index in [-0.39, 0.29) is 75.2 Å². The highest BCUT2D eigenvalue weighted by molar-refractivity contribution is 5.63. The molecule has 10 heteroatoms. The zero-order chi connectivity index (χ0) is 36.7. The molecule has 5 aromatic carbocycles. The molecular formula is C40H40O10. The normalized spacial score (nSPS) is 13.1. The quantitative estimate of drug-likeness (QED) is 0.0712. The monoisotopic (exact) mass is 680 g/mol. The molecule has 0 spiro atoms. The van der Waals surface area contributed by atoms with Gasteiger partial charge in [-0.05, 0) is 106 Å². The van der Waals surface area contributed by atoms with Crippen LogP contribution in [0.15, 0.2) is 97.1 Å². The molecule has 3 unspecified atom stereocenters. The van der Waals surface area contributed by atoms with Gasteiger partial charge >= 0.3 is 0 Å². The Morgan fingerprint density at radius 1 is 0.380 bits per heavy atom. The molecule has 50 heavy (non-hydrogen) atoms. The van der Waals surface area contributed by atoms with E-state index in [0.29, 0.717) is 11.1 Å². The lowest BCUT2D eigenvalue weighted by Gasteiger charge is -2.17. The first-order chi connectivity index (χ1) is 23.6. The predicted octanol–water partition coefficient (Wildman–Crippen LogP) is 8.21. The van der Waals surface area contributed by atoms with Crippen molar-refractivity contribution in [3.63, 3.8) is 0 Å². The summed E-state index contributed by atoms with van der Waals surface area (Å²) in [6.07, 6.45) is 7.40. The summed E-state index contributed by atoms with van der Waals surface area (Å²) in [6.45, 7) is 5.75. The summed E-state index contributed by atoms with van der Waals surface area (Å²) in [7, 11) is 0. The molecule has 3 atom stereocenters. The van der Waals surface area contributed by atoms with Gasteiger partial charge in [-0.3, -0.25) is 0 Å². The van der Waals surface area contributed by atoms with E-state index in [2.05, 4.69) is 0 Å². The number of allylic oxidation sites excluding steroid dienone is 2. The lowest BCUT2D eigenvalue weighted by atomic mass is 9.88. The molecule has 260 valence electrons. The van der Waals surface area contributed by atoms with Gasteiger partial charge in [0, 0.05) is 5.92 Å². The second kappa shape index (κ2) is 15.7. The molecule has 0 saturated heterocycles. The number of hydrogen-bond acceptors (Lipinski definition) is 10. The van der Waals surface area contributed by atoms with Crippen molar-refractivity contribution in [3.05, 3.63) is 130 Å². The zero-order valence-electron chi connectivity index (χ0n) is 27.6. The van der Waals surface area contributed by atoms with Crippen LogP contribution in [0.25, 0.3) is 12.2 Å². The summed E-state index contributed by atoms with van der Waals surface area (Å²) in [5, 5.41) is 95.9. The molecule has 0 aromatic heterocycles. The Bertz CT molecular complexity index is 2030. The van der Waals surface area contributed by atoms with Gasteiger partial charge in [0.1, 0.15) is 0 Å². The average Bonchev–Trinajstić information content (AvgIpc) is 3.09. The van der Waals surface area contributed by atoms with Crippen molar-refractivity contribution >= 4 is 12.2 Å². The number of aromatic hydroxyl groups is 10. The molecule has 10 N–H and O–H groups in total. The zero-order valence-corrected chi connectivity index (χ0v) is 27.6. The first-order valence-electron chi connectivity index (χ1n) is 15.6. The van der Waals surface area contributed by atoms with E-state index in [1.54, 1.807) is 30.3 Å². The SMILES string of the molecule is CC(/C=C/c1cc(O)c(O)cc1C(C)c1ccc(O)c(O)c1)c1ccc(O)c(O)c1.CC(/C=C/c1ccc(O)c(O)c1)c1ccc(O)c(O)c1. The van der Waals surface area contributed by atoms with E-state index in [1.807, 2.05) is 39.0 Å². The number of rotatable bonds is 8. The van der Waals surface area contributed by atoms with Gasteiger partial charge in [0.25, 0.3) is 0 Å². The standard InChI is InChI=1S/C24H24O6.C16H16O4/c1-13(15-5-7-19(25)21(27)9-15)3-4-17-11-23(29)24(30)12-18(17)14(2)16-6-8-20(26)22(28)10-16;1-10(12-5-7-14(18)16(20)9-12)2-3-11-4-6-13(17)15(19)8-11/h3-14,25-30H,1-2H3;2-10,17-20H,1H3/b4-3+;3-2+. The van der Waals surface area contributed by atoms with Gasteiger partial charge in [-0.2, -0.15) is 0 Å². The van der Waals surface area contributed by atoms with E-state index >= 15 is 0 Å². The van der Waals surface area contributed by atoms with Gasteiger partial charge in [-0.1, -0.05) is 69.3 Å². The summed E-state index contributed by atoms with van der Waals surface area (Å²) >= 11 is 0. The highest BCUT2D eigenvalue weighted by Crippen LogP contribution is 2.39. The van der Waals surface area contributed by atoms with Crippen molar-refractivity contribution in [1.82, 2.24) is 0 Å². The Kier molecular flexibility index (Phi) is 11.4. The molecule has 0 aliphatic carbocycles. The van der Waals surface area contributed by atoms with Gasteiger partial charge in [-0.25, -0.2) is 0 Å². The van der Waals surface area contributed by atoms with Crippen molar-refractivity contribution in [2.75, 3.05) is 0 Å². The smallest absolute Gasteiger partial charge is 0.158 e. The molecule has 0 saturated carbocycles. The minimum atomic E-state index is -0.256. The maximum absolute atomic E-state index is 10.0. The van der Waals surface area contributed by atoms with Crippen molar-refractivity contribution in [2.45, 2.75) is 38.5 Å². The van der Waals surface area contributed by atoms with E-state index in [9.17, 15) is 51.1 Å². The van der Waals surface area contributed by atoms with E-state index < -0.39 is 0 Å². The molecule has 0 aliphatic rings. The Hall–Kier alpha value is -6.42. The van der Waals surface area contributed by atoms with Gasteiger partial charge in [0.05, 0.1) is 0 Å². The Balaban J connectivity index is 0.000000244. The maximum Gasteiger partial charge on any atom is 0.158 e. The molecule has 10 nitrogen and oxygen atoms in total. The molecule has 0 heterocycles. The summed E-state index contributed by atoms with van der Waals surface area (Å²) in [6, 6.07) is 21.4. The van der Waals surface area contributed by atoms with Crippen LogP contribution in [-0.2, 0) is 0 Å². The minimum absolute atomic E-state index is 0.0254. The molecule has 5 aromatic rings. The number of phenols is 10. The largest absolute Gasteiger partial charge is 0.504 e. The number of hydrogen-bond donors (Lipinski definition) is 10. The van der Waals surface area contributed by atoms with Crippen molar-refractivity contribution < 1.29 is 51.1 Å². The fourth-order valence-corrected chi connectivity index (χ4v) is 5.14. The highest BCUT2D eigenvalue weighted by atomic mass is 16.3. The van der Waals surface area contributed by atoms with Crippen LogP contribution in [-0.4, -0.2) is 51.1 Å². The van der Waals surface area contributed by atoms with Crippen LogP contribution in [0.4, 0.5) is 0 Å². The van der Waals surface area contributed by atoms with Gasteiger partial charge in [-0.15, -0.1) is 0 Å². The summed E-state index contributed by atoms with van der Waals surface area (Å²) < 4.78 is 0. The Labute approximate surface area is 289 Å². The molecule has 0 bridgehead atoms. The summed E-state index contributed by atoms with van der Waals surface area (Å²) in [4.78, 5) is 0. The fourth-order valence-electron chi connectivity index (χ4n) is 5.14. The van der Waals surface area contributed by atoms with Crippen molar-refractivity contribution in [2.24, 2.45) is 0 Å². The third-order valence-electron chi connectivity index (χ3n) is 8.34. The predicted molar refractivity (Wildman–Crippen MR) is 191 cm³/mol. The molecular weight excluding hydrogens is 640 g/mol. The van der Waals surface area contributed by atoms with Crippen molar-refractivity contribution in [3.8, 4) is 57.5 Å². The Morgan fingerprint density at radius 2 is 0.760 bits per heavy atom. The van der Waals surface area contributed by atoms with Gasteiger partial charge in [0.2, 0.25) is 0 Å².